The van der Waals surface area contributed by atoms with Crippen LogP contribution in [0.5, 0.6) is 0 Å². The molecule has 0 saturated heterocycles. The highest BCUT2D eigenvalue weighted by Gasteiger charge is 2.17. The number of hydrogen-bond donors (Lipinski definition) is 1. The molecule has 0 aliphatic rings. The second-order valence-electron chi connectivity index (χ2n) is 4.18. The van der Waals surface area contributed by atoms with Gasteiger partial charge in [0.2, 0.25) is 0 Å². The van der Waals surface area contributed by atoms with Crippen molar-refractivity contribution in [1.29, 1.82) is 0 Å². The van der Waals surface area contributed by atoms with E-state index < -0.39 is 10.7 Å². The van der Waals surface area contributed by atoms with E-state index in [4.69, 9.17) is 0 Å². The standard InChI is InChI=1S/C12H13FN4O2/c1-8-5-11(12(17(18)19)6-10(8)13)14-7-9-3-4-15-16(9)2/h3-6,14H,7H2,1-2H3. The third-order valence-corrected chi connectivity index (χ3v) is 2.86. The van der Waals surface area contributed by atoms with E-state index in [0.717, 1.165) is 11.8 Å². The summed E-state index contributed by atoms with van der Waals surface area (Å²) in [5.41, 5.74) is 1.25. The van der Waals surface area contributed by atoms with Gasteiger partial charge < -0.3 is 5.32 Å². The molecule has 1 aromatic carbocycles. The van der Waals surface area contributed by atoms with E-state index in [0.29, 0.717) is 17.8 Å². The van der Waals surface area contributed by atoms with Gasteiger partial charge in [0.1, 0.15) is 11.5 Å². The first-order valence-electron chi connectivity index (χ1n) is 5.64. The maximum Gasteiger partial charge on any atom is 0.295 e. The molecule has 0 aliphatic carbocycles. The summed E-state index contributed by atoms with van der Waals surface area (Å²) >= 11 is 0. The number of nitrogens with zero attached hydrogens (tertiary/aromatic N) is 3. The molecule has 2 aromatic rings. The van der Waals surface area contributed by atoms with E-state index in [1.807, 2.05) is 0 Å². The number of aromatic nitrogens is 2. The zero-order valence-electron chi connectivity index (χ0n) is 10.6. The normalized spacial score (nSPS) is 10.5. The third-order valence-electron chi connectivity index (χ3n) is 2.86. The minimum atomic E-state index is -0.603. The summed E-state index contributed by atoms with van der Waals surface area (Å²) in [5, 5.41) is 17.8. The number of anilines is 1. The van der Waals surface area contributed by atoms with Crippen molar-refractivity contribution in [3.63, 3.8) is 0 Å². The second-order valence-corrected chi connectivity index (χ2v) is 4.18. The zero-order valence-corrected chi connectivity index (χ0v) is 10.6. The predicted molar refractivity (Wildman–Crippen MR) is 68.3 cm³/mol. The summed E-state index contributed by atoms with van der Waals surface area (Å²) in [6.07, 6.45) is 1.64. The smallest absolute Gasteiger partial charge is 0.295 e. The summed E-state index contributed by atoms with van der Waals surface area (Å²) in [6, 6.07) is 4.17. The van der Waals surface area contributed by atoms with Crippen molar-refractivity contribution in [3.05, 3.63) is 51.6 Å². The lowest BCUT2D eigenvalue weighted by molar-refractivity contribution is -0.384. The SMILES string of the molecule is Cc1cc(NCc2ccnn2C)c([N+](=O)[O-])cc1F. The molecule has 100 valence electrons. The van der Waals surface area contributed by atoms with Crippen molar-refractivity contribution in [2.75, 3.05) is 5.32 Å². The Hall–Kier alpha value is -2.44. The maximum atomic E-state index is 13.4. The first-order chi connectivity index (χ1) is 8.99. The fourth-order valence-corrected chi connectivity index (χ4v) is 1.72. The van der Waals surface area contributed by atoms with Gasteiger partial charge in [-0.25, -0.2) is 4.39 Å². The van der Waals surface area contributed by atoms with Crippen molar-refractivity contribution in [2.24, 2.45) is 7.05 Å². The van der Waals surface area contributed by atoms with Crippen LogP contribution >= 0.6 is 0 Å². The number of aryl methyl sites for hydroxylation is 2. The van der Waals surface area contributed by atoms with Crippen LogP contribution in [0.1, 0.15) is 11.3 Å². The Morgan fingerprint density at radius 3 is 2.84 bits per heavy atom. The molecule has 7 heteroatoms. The van der Waals surface area contributed by atoms with Gasteiger partial charge in [0.25, 0.3) is 5.69 Å². The minimum Gasteiger partial charge on any atom is -0.374 e. The summed E-state index contributed by atoms with van der Waals surface area (Å²) in [5.74, 6) is -0.585. The van der Waals surface area contributed by atoms with Crippen LogP contribution in [-0.2, 0) is 13.6 Å². The van der Waals surface area contributed by atoms with Crippen LogP contribution in [0.4, 0.5) is 15.8 Å². The molecular formula is C12H13FN4O2. The van der Waals surface area contributed by atoms with Crippen LogP contribution in [0.25, 0.3) is 0 Å². The van der Waals surface area contributed by atoms with Crippen LogP contribution < -0.4 is 5.32 Å². The van der Waals surface area contributed by atoms with Gasteiger partial charge in [0.15, 0.2) is 0 Å². The third kappa shape index (κ3) is 2.70. The second kappa shape index (κ2) is 5.05. The van der Waals surface area contributed by atoms with Crippen LogP contribution in [0, 0.1) is 22.9 Å². The predicted octanol–water partition coefficient (Wildman–Crippen LogP) is 2.39. The van der Waals surface area contributed by atoms with E-state index in [-0.39, 0.29) is 5.69 Å². The lowest BCUT2D eigenvalue weighted by atomic mass is 10.1. The number of nitrogens with one attached hydrogen (secondary N) is 1. The Balaban J connectivity index is 2.26. The molecule has 0 atom stereocenters. The quantitative estimate of drug-likeness (QED) is 0.679. The van der Waals surface area contributed by atoms with E-state index in [9.17, 15) is 14.5 Å². The molecule has 0 radical (unpaired) electrons. The molecule has 0 aliphatic heterocycles. The Labute approximate surface area is 109 Å². The molecule has 6 nitrogen and oxygen atoms in total. The summed E-state index contributed by atoms with van der Waals surface area (Å²) in [7, 11) is 1.78. The minimum absolute atomic E-state index is 0.273. The summed E-state index contributed by atoms with van der Waals surface area (Å²) in [4.78, 5) is 10.3. The maximum absolute atomic E-state index is 13.4. The monoisotopic (exact) mass is 264 g/mol. The molecule has 0 bridgehead atoms. The zero-order chi connectivity index (χ0) is 14.0. The average Bonchev–Trinajstić information content (AvgIpc) is 2.75. The van der Waals surface area contributed by atoms with Crippen molar-refractivity contribution >= 4 is 11.4 Å². The molecule has 1 heterocycles. The van der Waals surface area contributed by atoms with Crippen molar-refractivity contribution < 1.29 is 9.31 Å². The van der Waals surface area contributed by atoms with Crippen molar-refractivity contribution in [3.8, 4) is 0 Å². The fourth-order valence-electron chi connectivity index (χ4n) is 1.72. The van der Waals surface area contributed by atoms with E-state index in [2.05, 4.69) is 10.4 Å². The first-order valence-corrected chi connectivity index (χ1v) is 5.64. The van der Waals surface area contributed by atoms with Crippen LogP contribution in [-0.4, -0.2) is 14.7 Å². The molecule has 2 rings (SSSR count). The van der Waals surface area contributed by atoms with Gasteiger partial charge >= 0.3 is 0 Å². The van der Waals surface area contributed by atoms with Gasteiger partial charge in [0, 0.05) is 13.2 Å². The van der Waals surface area contributed by atoms with Gasteiger partial charge in [-0.1, -0.05) is 0 Å². The first kappa shape index (κ1) is 13.0. The molecule has 19 heavy (non-hydrogen) atoms. The van der Waals surface area contributed by atoms with E-state index >= 15 is 0 Å². The van der Waals surface area contributed by atoms with Gasteiger partial charge in [-0.3, -0.25) is 14.8 Å². The highest BCUT2D eigenvalue weighted by molar-refractivity contribution is 5.63. The number of rotatable bonds is 4. The van der Waals surface area contributed by atoms with Crippen molar-refractivity contribution in [1.82, 2.24) is 9.78 Å². The summed E-state index contributed by atoms with van der Waals surface area (Å²) in [6.45, 7) is 1.94. The molecule has 0 fully saturated rings. The number of nitro benzene ring substituents is 1. The lowest BCUT2D eigenvalue weighted by Gasteiger charge is -2.09. The number of hydrogen-bond acceptors (Lipinski definition) is 4. The van der Waals surface area contributed by atoms with Gasteiger partial charge in [-0.2, -0.15) is 5.10 Å². The van der Waals surface area contributed by atoms with Crippen molar-refractivity contribution in [2.45, 2.75) is 13.5 Å². The summed E-state index contributed by atoms with van der Waals surface area (Å²) < 4.78 is 15.0. The van der Waals surface area contributed by atoms with Gasteiger partial charge in [-0.05, 0) is 24.6 Å². The number of nitro groups is 1. The highest BCUT2D eigenvalue weighted by Crippen LogP contribution is 2.27. The molecule has 1 N–H and O–H groups in total. The number of benzene rings is 1. The molecule has 0 amide bonds. The van der Waals surface area contributed by atoms with E-state index in [1.54, 1.807) is 30.9 Å². The molecular weight excluding hydrogens is 251 g/mol. The van der Waals surface area contributed by atoms with Crippen LogP contribution in [0.15, 0.2) is 24.4 Å². The largest absolute Gasteiger partial charge is 0.374 e. The lowest BCUT2D eigenvalue weighted by Crippen LogP contribution is -2.07. The average molecular weight is 264 g/mol. The Bertz CT molecular complexity index is 624. The van der Waals surface area contributed by atoms with E-state index in [1.165, 1.54) is 6.07 Å². The molecule has 0 unspecified atom stereocenters. The van der Waals surface area contributed by atoms with Crippen LogP contribution in [0.2, 0.25) is 0 Å². The molecule has 1 aromatic heterocycles. The van der Waals surface area contributed by atoms with Crippen LogP contribution in [0.3, 0.4) is 0 Å². The highest BCUT2D eigenvalue weighted by atomic mass is 19.1. The molecule has 0 saturated carbocycles. The Morgan fingerprint density at radius 1 is 1.53 bits per heavy atom. The van der Waals surface area contributed by atoms with Gasteiger partial charge in [-0.15, -0.1) is 0 Å². The molecule has 0 spiro atoms. The Kier molecular flexibility index (Phi) is 3.46. The number of halogens is 1. The topological polar surface area (TPSA) is 73.0 Å². The Morgan fingerprint density at radius 2 is 2.26 bits per heavy atom. The fraction of sp³-hybridized carbons (Fsp3) is 0.250. The van der Waals surface area contributed by atoms with Gasteiger partial charge in [0.05, 0.1) is 23.2 Å².